The Labute approximate surface area is 201 Å². The molecule has 1 N–H and O–H groups in total. The monoisotopic (exact) mass is 482 g/mol. The summed E-state index contributed by atoms with van der Waals surface area (Å²) in [7, 11) is 0. The zero-order valence-electron chi connectivity index (χ0n) is 18.7. The number of nitrogens with one attached hydrogen (secondary N) is 1. The molecule has 33 heavy (non-hydrogen) atoms. The first kappa shape index (κ1) is 22.2. The SMILES string of the molecule is Cc1ccc([C@@H]2C3=C(CC(C)(C)CC3=O)Nc3nc(SCc4ccc(F)cc4Cl)nn32)cc1. The number of thioether (sulfide) groups is 1. The highest BCUT2D eigenvalue weighted by molar-refractivity contribution is 7.98. The molecule has 8 heteroatoms. The molecular formula is C25H24ClFN4OS. The van der Waals surface area contributed by atoms with Crippen molar-refractivity contribution in [3.8, 4) is 0 Å². The molecule has 5 nitrogen and oxygen atoms in total. The van der Waals surface area contributed by atoms with E-state index < -0.39 is 0 Å². The molecule has 2 heterocycles. The number of hydrogen-bond donors (Lipinski definition) is 1. The van der Waals surface area contributed by atoms with Crippen molar-refractivity contribution in [2.24, 2.45) is 5.41 Å². The lowest BCUT2D eigenvalue weighted by molar-refractivity contribution is -0.118. The fourth-order valence-corrected chi connectivity index (χ4v) is 5.63. The summed E-state index contributed by atoms with van der Waals surface area (Å²) in [5.74, 6) is 0.917. The van der Waals surface area contributed by atoms with Crippen molar-refractivity contribution < 1.29 is 9.18 Å². The van der Waals surface area contributed by atoms with Crippen LogP contribution in [-0.2, 0) is 10.5 Å². The van der Waals surface area contributed by atoms with Crippen molar-refractivity contribution >= 4 is 35.1 Å². The molecule has 0 amide bonds. The zero-order chi connectivity index (χ0) is 23.3. The van der Waals surface area contributed by atoms with Crippen molar-refractivity contribution in [3.05, 3.63) is 81.3 Å². The lowest BCUT2D eigenvalue weighted by Gasteiger charge is -2.38. The first-order chi connectivity index (χ1) is 15.7. The van der Waals surface area contributed by atoms with Crippen LogP contribution >= 0.6 is 23.4 Å². The van der Waals surface area contributed by atoms with E-state index in [2.05, 4.69) is 43.4 Å². The summed E-state index contributed by atoms with van der Waals surface area (Å²) in [6.07, 6.45) is 1.28. The quantitative estimate of drug-likeness (QED) is 0.440. The summed E-state index contributed by atoms with van der Waals surface area (Å²) >= 11 is 7.61. The van der Waals surface area contributed by atoms with Gasteiger partial charge in [-0.3, -0.25) is 4.79 Å². The number of fused-ring (bicyclic) bond motifs is 1. The Kier molecular flexibility index (Phi) is 5.57. The van der Waals surface area contributed by atoms with E-state index in [4.69, 9.17) is 21.7 Å². The van der Waals surface area contributed by atoms with Crippen molar-refractivity contribution in [1.29, 1.82) is 0 Å². The average molecular weight is 483 g/mol. The number of Topliss-reactive ketones (excluding diaryl/α,β-unsaturated/α-hetero) is 1. The van der Waals surface area contributed by atoms with E-state index in [1.54, 1.807) is 6.07 Å². The number of anilines is 1. The molecule has 3 aromatic rings. The Balaban J connectivity index is 1.51. The number of ketones is 1. The Morgan fingerprint density at radius 2 is 1.97 bits per heavy atom. The highest BCUT2D eigenvalue weighted by Gasteiger charge is 2.41. The number of hydrogen-bond acceptors (Lipinski definition) is 5. The smallest absolute Gasteiger partial charge is 0.227 e. The Morgan fingerprint density at radius 1 is 1.21 bits per heavy atom. The number of carbonyl (C=O) groups excluding carboxylic acids is 1. The first-order valence-corrected chi connectivity index (χ1v) is 12.2. The molecule has 2 aliphatic rings. The van der Waals surface area contributed by atoms with E-state index in [0.717, 1.165) is 34.4 Å². The number of aryl methyl sites for hydroxylation is 1. The molecule has 0 saturated carbocycles. The molecule has 2 aromatic carbocycles. The maximum atomic E-state index is 13.4. The number of aromatic nitrogens is 3. The molecule has 5 rings (SSSR count). The molecular weight excluding hydrogens is 459 g/mol. The summed E-state index contributed by atoms with van der Waals surface area (Å²) in [6.45, 7) is 6.27. The minimum Gasteiger partial charge on any atom is -0.328 e. The minimum atomic E-state index is -0.362. The zero-order valence-corrected chi connectivity index (χ0v) is 20.2. The number of nitrogens with zero attached hydrogens (tertiary/aromatic N) is 3. The third kappa shape index (κ3) is 4.32. The maximum absolute atomic E-state index is 13.4. The highest BCUT2D eigenvalue weighted by atomic mass is 35.5. The fraction of sp³-hybridized carbons (Fsp3) is 0.320. The van der Waals surface area contributed by atoms with Gasteiger partial charge in [0.05, 0.1) is 0 Å². The normalized spacial score (nSPS) is 19.2. The van der Waals surface area contributed by atoms with Gasteiger partial charge in [0.15, 0.2) is 5.78 Å². The lowest BCUT2D eigenvalue weighted by Crippen LogP contribution is -2.36. The first-order valence-electron chi connectivity index (χ1n) is 10.8. The van der Waals surface area contributed by atoms with Crippen LogP contribution in [0.2, 0.25) is 5.02 Å². The van der Waals surface area contributed by atoms with Gasteiger partial charge in [-0.05, 0) is 42.0 Å². The van der Waals surface area contributed by atoms with Crippen LogP contribution in [0.3, 0.4) is 0 Å². The van der Waals surface area contributed by atoms with Crippen molar-refractivity contribution in [2.45, 2.75) is 50.6 Å². The summed E-state index contributed by atoms with van der Waals surface area (Å²) in [5, 5.41) is 9.10. The van der Waals surface area contributed by atoms with Gasteiger partial charge in [-0.25, -0.2) is 9.07 Å². The molecule has 1 aliphatic heterocycles. The van der Waals surface area contributed by atoms with Crippen LogP contribution < -0.4 is 5.32 Å². The predicted octanol–water partition coefficient (Wildman–Crippen LogP) is 6.33. The van der Waals surface area contributed by atoms with Gasteiger partial charge >= 0.3 is 0 Å². The second-order valence-corrected chi connectivity index (χ2v) is 10.8. The molecule has 1 aliphatic carbocycles. The fourth-order valence-electron chi connectivity index (χ4n) is 4.49. The number of allylic oxidation sites excluding steroid dienone is 2. The predicted molar refractivity (Wildman–Crippen MR) is 129 cm³/mol. The summed E-state index contributed by atoms with van der Waals surface area (Å²) in [6, 6.07) is 12.3. The van der Waals surface area contributed by atoms with Crippen LogP contribution in [0.1, 0.15) is 49.4 Å². The highest BCUT2D eigenvalue weighted by Crippen LogP contribution is 2.45. The summed E-state index contributed by atoms with van der Waals surface area (Å²) in [4.78, 5) is 18.0. The van der Waals surface area contributed by atoms with E-state index in [9.17, 15) is 9.18 Å². The standard InChI is InChI=1S/C25H24ClFN4OS/c1-14-4-6-15(7-5-14)22-21-19(11-25(2,3)12-20(21)32)28-23-29-24(30-31(22)23)33-13-16-8-9-17(27)10-18(16)26/h4-10,22H,11-13H2,1-3H3,(H,28,29,30)/t22-/m1/s1. The third-order valence-corrected chi connectivity index (χ3v) is 7.32. The van der Waals surface area contributed by atoms with Crippen molar-refractivity contribution in [3.63, 3.8) is 0 Å². The molecule has 0 unspecified atom stereocenters. The Bertz CT molecular complexity index is 1280. The largest absolute Gasteiger partial charge is 0.328 e. The summed E-state index contributed by atoms with van der Waals surface area (Å²) in [5.41, 5.74) is 4.57. The number of carbonyl (C=O) groups is 1. The topological polar surface area (TPSA) is 59.8 Å². The second kappa shape index (κ2) is 8.29. The van der Waals surface area contributed by atoms with Gasteiger partial charge in [0.25, 0.3) is 0 Å². The average Bonchev–Trinajstić information content (AvgIpc) is 3.14. The van der Waals surface area contributed by atoms with Crippen LogP contribution in [0.25, 0.3) is 0 Å². The number of benzene rings is 2. The van der Waals surface area contributed by atoms with E-state index in [1.807, 2.05) is 11.6 Å². The van der Waals surface area contributed by atoms with Crippen LogP contribution in [0.5, 0.6) is 0 Å². The summed E-state index contributed by atoms with van der Waals surface area (Å²) < 4.78 is 15.2. The van der Waals surface area contributed by atoms with E-state index in [0.29, 0.717) is 28.3 Å². The Morgan fingerprint density at radius 3 is 2.70 bits per heavy atom. The molecule has 0 bridgehead atoms. The van der Waals surface area contributed by atoms with Crippen molar-refractivity contribution in [2.75, 3.05) is 5.32 Å². The van der Waals surface area contributed by atoms with Gasteiger partial charge in [0, 0.05) is 28.5 Å². The van der Waals surface area contributed by atoms with Crippen LogP contribution in [0, 0.1) is 18.2 Å². The van der Waals surface area contributed by atoms with Gasteiger partial charge in [-0.15, -0.1) is 5.10 Å². The van der Waals surface area contributed by atoms with Gasteiger partial charge in [0.1, 0.15) is 11.9 Å². The molecule has 170 valence electrons. The van der Waals surface area contributed by atoms with E-state index in [-0.39, 0.29) is 23.1 Å². The van der Waals surface area contributed by atoms with Crippen LogP contribution in [-0.4, -0.2) is 20.5 Å². The van der Waals surface area contributed by atoms with Gasteiger partial charge < -0.3 is 5.32 Å². The van der Waals surface area contributed by atoms with Gasteiger partial charge in [-0.2, -0.15) is 4.98 Å². The second-order valence-electron chi connectivity index (χ2n) is 9.46. The van der Waals surface area contributed by atoms with E-state index in [1.165, 1.54) is 23.9 Å². The third-order valence-electron chi connectivity index (χ3n) is 6.08. The Hall–Kier alpha value is -2.64. The van der Waals surface area contributed by atoms with E-state index >= 15 is 0 Å². The van der Waals surface area contributed by atoms with Gasteiger partial charge in [0.2, 0.25) is 11.1 Å². The molecule has 1 aromatic heterocycles. The number of rotatable bonds is 4. The van der Waals surface area contributed by atoms with Crippen LogP contribution in [0.4, 0.5) is 10.3 Å². The van der Waals surface area contributed by atoms with Crippen molar-refractivity contribution in [1.82, 2.24) is 14.8 Å². The number of halogens is 2. The molecule has 0 spiro atoms. The van der Waals surface area contributed by atoms with Gasteiger partial charge in [-0.1, -0.05) is 73.1 Å². The molecule has 1 atom stereocenters. The molecule has 0 radical (unpaired) electrons. The molecule has 0 saturated heterocycles. The van der Waals surface area contributed by atoms with Crippen LogP contribution in [0.15, 0.2) is 58.9 Å². The molecule has 0 fully saturated rings. The maximum Gasteiger partial charge on any atom is 0.227 e. The minimum absolute atomic E-state index is 0.111. The lowest BCUT2D eigenvalue weighted by atomic mass is 9.73.